The SMILES string of the molecule is O=C(NCc1ccc(NC(=O)N2c3nc(-c4cccc(C(F)(F)F)c4)ccc3N3CC[C@H]2C3)cc1)OC[C@@H]1[C@@H]2CC/C=C\CC[C@@H]21. The number of carbonyl (C=O) groups is 2. The maximum absolute atomic E-state index is 13.6. The van der Waals surface area contributed by atoms with Crippen LogP contribution in [-0.2, 0) is 17.5 Å². The number of rotatable bonds is 6. The second-order valence-electron chi connectivity index (χ2n) is 12.6. The van der Waals surface area contributed by atoms with E-state index < -0.39 is 17.8 Å². The van der Waals surface area contributed by atoms with Crippen molar-refractivity contribution < 1.29 is 27.5 Å². The van der Waals surface area contributed by atoms with E-state index in [9.17, 15) is 22.8 Å². The van der Waals surface area contributed by atoms with E-state index in [-0.39, 0.29) is 12.1 Å². The van der Waals surface area contributed by atoms with E-state index in [1.807, 2.05) is 18.2 Å². The third-order valence-corrected chi connectivity index (χ3v) is 9.71. The summed E-state index contributed by atoms with van der Waals surface area (Å²) >= 11 is 0. The lowest BCUT2D eigenvalue weighted by Gasteiger charge is -2.36. The van der Waals surface area contributed by atoms with Crippen molar-refractivity contribution in [2.24, 2.45) is 17.8 Å². The molecule has 11 heteroatoms. The molecule has 0 radical (unpaired) electrons. The molecule has 2 aromatic carbocycles. The summed E-state index contributed by atoms with van der Waals surface area (Å²) in [5, 5.41) is 5.77. The van der Waals surface area contributed by atoms with E-state index in [1.54, 1.807) is 29.2 Å². The Labute approximate surface area is 265 Å². The number of nitrogens with one attached hydrogen (secondary N) is 2. The van der Waals surface area contributed by atoms with Crippen LogP contribution in [0.5, 0.6) is 0 Å². The summed E-state index contributed by atoms with van der Waals surface area (Å²) < 4.78 is 45.6. The highest BCUT2D eigenvalue weighted by Crippen LogP contribution is 2.52. The number of hydrogen-bond donors (Lipinski definition) is 2. The van der Waals surface area contributed by atoms with Crippen molar-refractivity contribution in [3.05, 3.63) is 83.9 Å². The highest BCUT2D eigenvalue weighted by Gasteiger charge is 2.49. The Morgan fingerprint density at radius 3 is 2.46 bits per heavy atom. The molecule has 46 heavy (non-hydrogen) atoms. The minimum absolute atomic E-state index is 0.114. The van der Waals surface area contributed by atoms with Gasteiger partial charge in [-0.3, -0.25) is 4.90 Å². The van der Waals surface area contributed by atoms with Crippen LogP contribution < -0.4 is 20.4 Å². The van der Waals surface area contributed by atoms with Gasteiger partial charge in [0.2, 0.25) is 0 Å². The number of ether oxygens (including phenoxy) is 1. The van der Waals surface area contributed by atoms with Crippen LogP contribution in [0.2, 0.25) is 0 Å². The predicted molar refractivity (Wildman–Crippen MR) is 169 cm³/mol. The number of benzene rings is 2. The van der Waals surface area contributed by atoms with Crippen LogP contribution in [0.15, 0.2) is 72.8 Å². The molecule has 1 aromatic heterocycles. The van der Waals surface area contributed by atoms with E-state index in [0.717, 1.165) is 49.2 Å². The zero-order valence-electron chi connectivity index (χ0n) is 25.3. The van der Waals surface area contributed by atoms with Crippen molar-refractivity contribution in [2.45, 2.75) is 50.9 Å². The molecule has 3 aromatic rings. The average Bonchev–Trinajstić information content (AvgIpc) is 3.49. The largest absolute Gasteiger partial charge is 0.449 e. The van der Waals surface area contributed by atoms with Gasteiger partial charge in [0, 0.05) is 30.9 Å². The molecule has 3 amide bonds. The van der Waals surface area contributed by atoms with Gasteiger partial charge in [-0.15, -0.1) is 0 Å². The summed E-state index contributed by atoms with van der Waals surface area (Å²) in [7, 11) is 0. The Morgan fingerprint density at radius 2 is 1.72 bits per heavy atom. The topological polar surface area (TPSA) is 86.8 Å². The Morgan fingerprint density at radius 1 is 0.957 bits per heavy atom. The number of pyridine rings is 1. The first-order valence-electron chi connectivity index (χ1n) is 15.9. The second kappa shape index (κ2) is 12.3. The average molecular weight is 632 g/mol. The molecular weight excluding hydrogens is 595 g/mol. The number of fused-ring (bicyclic) bond motifs is 5. The fourth-order valence-electron chi connectivity index (χ4n) is 7.21. The smallest absolute Gasteiger partial charge is 0.416 e. The van der Waals surface area contributed by atoms with Gasteiger partial charge in [0.25, 0.3) is 0 Å². The van der Waals surface area contributed by atoms with Crippen molar-refractivity contribution in [1.29, 1.82) is 0 Å². The van der Waals surface area contributed by atoms with Crippen molar-refractivity contribution in [3.63, 3.8) is 0 Å². The van der Waals surface area contributed by atoms with Gasteiger partial charge in [-0.1, -0.05) is 36.4 Å². The van der Waals surface area contributed by atoms with E-state index in [2.05, 4.69) is 27.7 Å². The lowest BCUT2D eigenvalue weighted by molar-refractivity contribution is -0.137. The van der Waals surface area contributed by atoms with E-state index >= 15 is 0 Å². The molecule has 2 N–H and O–H groups in total. The molecule has 4 atom stereocenters. The molecule has 2 bridgehead atoms. The number of anilines is 3. The summed E-state index contributed by atoms with van der Waals surface area (Å²) in [4.78, 5) is 34.5. The third-order valence-electron chi connectivity index (χ3n) is 9.71. The van der Waals surface area contributed by atoms with Crippen LogP contribution in [0.25, 0.3) is 11.3 Å². The maximum Gasteiger partial charge on any atom is 0.416 e. The summed E-state index contributed by atoms with van der Waals surface area (Å²) in [6, 6.07) is 15.3. The number of alkyl halides is 3. The van der Waals surface area contributed by atoms with Crippen molar-refractivity contribution >= 4 is 29.3 Å². The lowest BCUT2D eigenvalue weighted by Crippen LogP contribution is -2.48. The number of hydrogen-bond acceptors (Lipinski definition) is 5. The quantitative estimate of drug-likeness (QED) is 0.274. The van der Waals surface area contributed by atoms with Crippen molar-refractivity contribution in [2.75, 3.05) is 34.8 Å². The second-order valence-corrected chi connectivity index (χ2v) is 12.6. The van der Waals surface area contributed by atoms with Crippen LogP contribution in [0.3, 0.4) is 0 Å². The van der Waals surface area contributed by atoms with Gasteiger partial charge in [0.15, 0.2) is 5.82 Å². The van der Waals surface area contributed by atoms with Gasteiger partial charge in [-0.05, 0) is 91.8 Å². The highest BCUT2D eigenvalue weighted by atomic mass is 19.4. The van der Waals surface area contributed by atoms with E-state index in [0.29, 0.717) is 60.2 Å². The molecule has 0 spiro atoms. The number of aromatic nitrogens is 1. The van der Waals surface area contributed by atoms with Crippen LogP contribution in [0, 0.1) is 17.8 Å². The molecule has 1 saturated heterocycles. The molecular formula is C35H36F3N5O3. The number of amides is 3. The highest BCUT2D eigenvalue weighted by molar-refractivity contribution is 6.04. The Kier molecular flexibility index (Phi) is 8.08. The zero-order valence-corrected chi connectivity index (χ0v) is 25.3. The molecule has 8 nitrogen and oxygen atoms in total. The van der Waals surface area contributed by atoms with Gasteiger partial charge >= 0.3 is 18.3 Å². The third kappa shape index (κ3) is 6.27. The molecule has 1 saturated carbocycles. The number of allylic oxidation sites excluding steroid dienone is 2. The molecule has 0 unspecified atom stereocenters. The van der Waals surface area contributed by atoms with E-state index in [4.69, 9.17) is 9.72 Å². The minimum Gasteiger partial charge on any atom is -0.449 e. The molecule has 7 rings (SSSR count). The summed E-state index contributed by atoms with van der Waals surface area (Å²) in [5.74, 6) is 2.23. The number of urea groups is 1. The van der Waals surface area contributed by atoms with Crippen molar-refractivity contribution in [3.8, 4) is 11.3 Å². The Balaban J connectivity index is 0.972. The molecule has 2 aliphatic heterocycles. The number of alkyl carbamates (subject to hydrolysis) is 1. The molecule has 2 fully saturated rings. The van der Waals surface area contributed by atoms with Gasteiger partial charge in [0.05, 0.1) is 29.6 Å². The monoisotopic (exact) mass is 631 g/mol. The molecule has 4 aliphatic rings. The van der Waals surface area contributed by atoms with Crippen LogP contribution in [-0.4, -0.2) is 42.8 Å². The summed E-state index contributed by atoms with van der Waals surface area (Å²) in [5.41, 5.74) is 2.14. The van der Waals surface area contributed by atoms with Gasteiger partial charge < -0.3 is 20.3 Å². The Hall–Kier alpha value is -4.54. The molecule has 2 aliphatic carbocycles. The first kappa shape index (κ1) is 30.1. The Bertz CT molecular complexity index is 1630. The van der Waals surface area contributed by atoms with Gasteiger partial charge in [-0.2, -0.15) is 13.2 Å². The maximum atomic E-state index is 13.6. The number of carbonyl (C=O) groups excluding carboxylic acids is 2. The normalized spacial score (nSPS) is 23.8. The van der Waals surface area contributed by atoms with E-state index in [1.165, 1.54) is 18.9 Å². The first-order valence-corrected chi connectivity index (χ1v) is 15.9. The lowest BCUT2D eigenvalue weighted by atomic mass is 10.1. The fraction of sp³-hybridized carbons (Fsp3) is 0.400. The van der Waals surface area contributed by atoms with Gasteiger partial charge in [0.1, 0.15) is 0 Å². The summed E-state index contributed by atoms with van der Waals surface area (Å²) in [6.45, 7) is 2.18. The standard InChI is InChI=1S/C35H36F3N5O3/c36-35(37,38)24-7-5-6-23(18-24)30-14-15-31-32(41-30)43(26-16-17-42(31)20-26)33(44)40-25-12-10-22(11-13-25)19-39-34(45)46-21-29-27-8-3-1-2-4-9-28(27)29/h1-2,5-7,10-15,18,26-29H,3-4,8-9,16-17,19-21H2,(H,39,45)(H,40,44)/b2-1-/t26-,27-,28+,29-/m0/s1. The predicted octanol–water partition coefficient (Wildman–Crippen LogP) is 7.62. The van der Waals surface area contributed by atoms with Crippen LogP contribution in [0.4, 0.5) is 40.0 Å². The van der Waals surface area contributed by atoms with Gasteiger partial charge in [-0.25, -0.2) is 14.6 Å². The number of nitrogens with zero attached hydrogens (tertiary/aromatic N) is 3. The zero-order chi connectivity index (χ0) is 31.8. The first-order chi connectivity index (χ1) is 22.2. The number of halogens is 3. The minimum atomic E-state index is -4.47. The van der Waals surface area contributed by atoms with Crippen LogP contribution >= 0.6 is 0 Å². The molecule has 240 valence electrons. The van der Waals surface area contributed by atoms with Crippen LogP contribution in [0.1, 0.15) is 43.2 Å². The summed E-state index contributed by atoms with van der Waals surface area (Å²) in [6.07, 6.45) is 4.90. The fourth-order valence-corrected chi connectivity index (χ4v) is 7.21. The molecule has 3 heterocycles. The van der Waals surface area contributed by atoms with Crippen molar-refractivity contribution in [1.82, 2.24) is 10.3 Å².